The summed E-state index contributed by atoms with van der Waals surface area (Å²) in [6.45, 7) is -0.446. The van der Waals surface area contributed by atoms with E-state index in [4.69, 9.17) is 14.2 Å². The first kappa shape index (κ1) is 22.8. The molecule has 2 heterocycles. The lowest BCUT2D eigenvalue weighted by atomic mass is 9.85. The second kappa shape index (κ2) is 9.62. The molecular formula is C25H27NO7. The van der Waals surface area contributed by atoms with Crippen LogP contribution in [0.15, 0.2) is 60.7 Å². The summed E-state index contributed by atoms with van der Waals surface area (Å²) >= 11 is 0. The molecule has 2 aromatic carbocycles. The van der Waals surface area contributed by atoms with Crippen LogP contribution in [0.4, 0.5) is 4.79 Å². The fourth-order valence-corrected chi connectivity index (χ4v) is 4.97. The number of carboxylic acid groups (broad SMARTS) is 1. The molecule has 3 atom stereocenters. The summed E-state index contributed by atoms with van der Waals surface area (Å²) in [6.07, 6.45) is 1.01. The van der Waals surface area contributed by atoms with E-state index in [0.717, 1.165) is 12.8 Å². The molecule has 0 spiro atoms. The summed E-state index contributed by atoms with van der Waals surface area (Å²) < 4.78 is 16.8. The Labute approximate surface area is 192 Å². The standard InChI is InChI=1S/C25H27NO7/c1-31-22(27)16-32-25(17-8-4-2-5-9-17,18-10-6-3-7-11-18)23(28)33-21-14-19-12-13-20(15-21)26(19)24(29)30/h2-11,19-21H,12-16H2,1H3,(H,29,30)/t19-,20+,21?. The van der Waals surface area contributed by atoms with Crippen LogP contribution < -0.4 is 0 Å². The highest BCUT2D eigenvalue weighted by molar-refractivity contribution is 5.86. The van der Waals surface area contributed by atoms with Crippen molar-refractivity contribution in [2.45, 2.75) is 49.5 Å². The third-order valence-electron chi connectivity index (χ3n) is 6.47. The number of fused-ring (bicyclic) bond motifs is 2. The number of hydrogen-bond acceptors (Lipinski definition) is 6. The van der Waals surface area contributed by atoms with Crippen LogP contribution in [-0.4, -0.2) is 59.9 Å². The van der Waals surface area contributed by atoms with Gasteiger partial charge in [0.2, 0.25) is 5.60 Å². The Morgan fingerprint density at radius 3 is 1.91 bits per heavy atom. The van der Waals surface area contributed by atoms with Crippen molar-refractivity contribution < 1.29 is 33.7 Å². The molecule has 0 radical (unpaired) electrons. The van der Waals surface area contributed by atoms with Gasteiger partial charge in [-0.25, -0.2) is 14.4 Å². The summed E-state index contributed by atoms with van der Waals surface area (Å²) in [6, 6.07) is 17.5. The van der Waals surface area contributed by atoms with Gasteiger partial charge in [0.25, 0.3) is 0 Å². The van der Waals surface area contributed by atoms with Gasteiger partial charge < -0.3 is 24.2 Å². The van der Waals surface area contributed by atoms with Gasteiger partial charge in [-0.1, -0.05) is 60.7 Å². The Hall–Kier alpha value is -3.39. The number of hydrogen-bond donors (Lipinski definition) is 1. The number of nitrogens with zero attached hydrogens (tertiary/aromatic N) is 1. The van der Waals surface area contributed by atoms with Crippen LogP contribution in [0.25, 0.3) is 0 Å². The highest BCUT2D eigenvalue weighted by Crippen LogP contribution is 2.40. The zero-order valence-corrected chi connectivity index (χ0v) is 18.4. The third kappa shape index (κ3) is 4.43. The molecule has 0 saturated carbocycles. The molecular weight excluding hydrogens is 426 g/mol. The average molecular weight is 453 g/mol. The number of piperidine rings is 1. The molecule has 0 aliphatic carbocycles. The van der Waals surface area contributed by atoms with Crippen LogP contribution >= 0.6 is 0 Å². The zero-order chi connectivity index (χ0) is 23.4. The van der Waals surface area contributed by atoms with Crippen LogP contribution in [0.2, 0.25) is 0 Å². The third-order valence-corrected chi connectivity index (χ3v) is 6.47. The molecule has 4 rings (SSSR count). The number of esters is 2. The molecule has 0 aromatic heterocycles. The van der Waals surface area contributed by atoms with Crippen LogP contribution in [0, 0.1) is 0 Å². The molecule has 8 nitrogen and oxygen atoms in total. The Bertz CT molecular complexity index is 941. The normalized spacial score (nSPS) is 22.0. The topological polar surface area (TPSA) is 102 Å². The Morgan fingerprint density at radius 1 is 0.939 bits per heavy atom. The maximum atomic E-state index is 13.9. The molecule has 1 unspecified atom stereocenters. The van der Waals surface area contributed by atoms with Gasteiger partial charge in [0, 0.05) is 24.9 Å². The average Bonchev–Trinajstić information content (AvgIpc) is 3.11. The van der Waals surface area contributed by atoms with E-state index in [1.165, 1.54) is 12.0 Å². The number of benzene rings is 2. The maximum Gasteiger partial charge on any atom is 0.407 e. The number of carbonyl (C=O) groups excluding carboxylic acids is 2. The van der Waals surface area contributed by atoms with Gasteiger partial charge in [0.05, 0.1) is 7.11 Å². The van der Waals surface area contributed by atoms with Crippen molar-refractivity contribution in [1.29, 1.82) is 0 Å². The van der Waals surface area contributed by atoms with Gasteiger partial charge in [0.15, 0.2) is 0 Å². The summed E-state index contributed by atoms with van der Waals surface area (Å²) in [5.41, 5.74) is -0.633. The molecule has 2 bridgehead atoms. The minimum atomic E-state index is -1.68. The van der Waals surface area contributed by atoms with Crippen molar-refractivity contribution >= 4 is 18.0 Å². The van der Waals surface area contributed by atoms with E-state index in [1.54, 1.807) is 48.5 Å². The zero-order valence-electron chi connectivity index (χ0n) is 18.4. The quantitative estimate of drug-likeness (QED) is 0.642. The van der Waals surface area contributed by atoms with Crippen molar-refractivity contribution in [3.8, 4) is 0 Å². The Morgan fingerprint density at radius 2 is 1.45 bits per heavy atom. The number of methoxy groups -OCH3 is 1. The SMILES string of the molecule is COC(=O)COC(C(=O)OC1C[C@H]2CC[C@@H](C1)N2C(=O)O)(c1ccccc1)c1ccccc1. The lowest BCUT2D eigenvalue weighted by molar-refractivity contribution is -0.180. The Kier molecular flexibility index (Phi) is 6.65. The lowest BCUT2D eigenvalue weighted by Crippen LogP contribution is -2.50. The number of amides is 1. The minimum Gasteiger partial charge on any atom is -0.467 e. The van der Waals surface area contributed by atoms with E-state index in [0.29, 0.717) is 24.0 Å². The largest absolute Gasteiger partial charge is 0.467 e. The summed E-state index contributed by atoms with van der Waals surface area (Å²) in [5.74, 6) is -1.26. The van der Waals surface area contributed by atoms with Crippen LogP contribution in [-0.2, 0) is 29.4 Å². The molecule has 2 aliphatic rings. The second-order valence-electron chi connectivity index (χ2n) is 8.35. The van der Waals surface area contributed by atoms with Crippen molar-refractivity contribution in [2.75, 3.05) is 13.7 Å². The first-order valence-electron chi connectivity index (χ1n) is 11.0. The highest BCUT2D eigenvalue weighted by Gasteiger charge is 2.49. The molecule has 174 valence electrons. The predicted molar refractivity (Wildman–Crippen MR) is 117 cm³/mol. The Balaban J connectivity index is 1.67. The van der Waals surface area contributed by atoms with Crippen molar-refractivity contribution in [3.05, 3.63) is 71.8 Å². The summed E-state index contributed by atoms with van der Waals surface area (Å²) in [4.78, 5) is 38.9. The molecule has 2 aliphatic heterocycles. The fraction of sp³-hybridized carbons (Fsp3) is 0.400. The highest BCUT2D eigenvalue weighted by atomic mass is 16.6. The van der Waals surface area contributed by atoms with Gasteiger partial charge in [-0.2, -0.15) is 0 Å². The summed E-state index contributed by atoms with van der Waals surface area (Å²) in [5, 5.41) is 9.51. The second-order valence-corrected chi connectivity index (χ2v) is 8.35. The first-order valence-corrected chi connectivity index (χ1v) is 11.0. The molecule has 1 N–H and O–H groups in total. The molecule has 8 heteroatoms. The molecule has 2 fully saturated rings. The summed E-state index contributed by atoms with van der Waals surface area (Å²) in [7, 11) is 1.25. The van der Waals surface area contributed by atoms with Gasteiger partial charge >= 0.3 is 18.0 Å². The van der Waals surface area contributed by atoms with E-state index >= 15 is 0 Å². The van der Waals surface area contributed by atoms with Crippen LogP contribution in [0.1, 0.15) is 36.8 Å². The van der Waals surface area contributed by atoms with Crippen molar-refractivity contribution in [1.82, 2.24) is 4.90 Å². The lowest BCUT2D eigenvalue weighted by Gasteiger charge is -2.39. The monoisotopic (exact) mass is 453 g/mol. The maximum absolute atomic E-state index is 13.9. The van der Waals surface area contributed by atoms with Crippen molar-refractivity contribution in [3.63, 3.8) is 0 Å². The van der Waals surface area contributed by atoms with Gasteiger partial charge in [-0.05, 0) is 24.0 Å². The van der Waals surface area contributed by atoms with E-state index in [2.05, 4.69) is 0 Å². The van der Waals surface area contributed by atoms with Crippen molar-refractivity contribution in [2.24, 2.45) is 0 Å². The van der Waals surface area contributed by atoms with Crippen LogP contribution in [0.3, 0.4) is 0 Å². The predicted octanol–water partition coefficient (Wildman–Crippen LogP) is 3.34. The molecule has 33 heavy (non-hydrogen) atoms. The first-order chi connectivity index (χ1) is 16.0. The molecule has 1 amide bonds. The minimum absolute atomic E-state index is 0.169. The van der Waals surface area contributed by atoms with E-state index in [9.17, 15) is 19.5 Å². The number of carbonyl (C=O) groups is 3. The molecule has 2 aromatic rings. The van der Waals surface area contributed by atoms with Gasteiger partial charge in [-0.15, -0.1) is 0 Å². The van der Waals surface area contributed by atoms with E-state index < -0.39 is 36.3 Å². The number of ether oxygens (including phenoxy) is 3. The van der Waals surface area contributed by atoms with Gasteiger partial charge in [-0.3, -0.25) is 0 Å². The van der Waals surface area contributed by atoms with Gasteiger partial charge in [0.1, 0.15) is 12.7 Å². The smallest absolute Gasteiger partial charge is 0.407 e. The molecule has 2 saturated heterocycles. The number of rotatable bonds is 7. The van der Waals surface area contributed by atoms with E-state index in [1.807, 2.05) is 12.1 Å². The van der Waals surface area contributed by atoms with Crippen LogP contribution in [0.5, 0.6) is 0 Å². The van der Waals surface area contributed by atoms with E-state index in [-0.39, 0.29) is 12.1 Å². The fourth-order valence-electron chi connectivity index (χ4n) is 4.97.